The van der Waals surface area contributed by atoms with Gasteiger partial charge in [-0.1, -0.05) is 18.2 Å². The lowest BCUT2D eigenvalue weighted by atomic mass is 10.2. The van der Waals surface area contributed by atoms with Gasteiger partial charge in [-0.05, 0) is 12.1 Å². The lowest BCUT2D eigenvalue weighted by Crippen LogP contribution is -2.17. The van der Waals surface area contributed by atoms with E-state index in [1.54, 1.807) is 0 Å². The lowest BCUT2D eigenvalue weighted by molar-refractivity contribution is -0.360. The first-order chi connectivity index (χ1) is 8.72. The van der Waals surface area contributed by atoms with Crippen molar-refractivity contribution in [1.82, 2.24) is 0 Å². The molecule has 1 aromatic carbocycles. The molecule has 0 unspecified atom stereocenters. The molecule has 0 amide bonds. The van der Waals surface area contributed by atoms with Crippen molar-refractivity contribution in [3.63, 3.8) is 0 Å². The van der Waals surface area contributed by atoms with E-state index in [2.05, 4.69) is 16.4 Å². The van der Waals surface area contributed by atoms with Crippen LogP contribution in [-0.2, 0) is 0 Å². The third-order valence-electron chi connectivity index (χ3n) is 2.61. The number of nitrogens with one attached hydrogen (secondary N) is 2. The van der Waals surface area contributed by atoms with Gasteiger partial charge < -0.3 is 4.90 Å². The summed E-state index contributed by atoms with van der Waals surface area (Å²) in [4.78, 5) is 4.99. The molecule has 2 N–H and O–H groups in total. The van der Waals surface area contributed by atoms with Gasteiger partial charge in [0.2, 0.25) is 0 Å². The maximum Gasteiger partial charge on any atom is 0.297 e. The second kappa shape index (κ2) is 5.19. The first-order valence-electron chi connectivity index (χ1n) is 5.66. The molecule has 0 saturated carbocycles. The van der Waals surface area contributed by atoms with Gasteiger partial charge in [-0.2, -0.15) is 5.26 Å². The number of nitriles is 1. The average Bonchev–Trinajstić information content (AvgIpc) is 2.39. The minimum atomic E-state index is 0.603. The van der Waals surface area contributed by atoms with E-state index in [1.165, 1.54) is 0 Å². The van der Waals surface area contributed by atoms with E-state index in [0.29, 0.717) is 11.4 Å². The van der Waals surface area contributed by atoms with Gasteiger partial charge in [-0.3, -0.25) is 0 Å². The maximum atomic E-state index is 9.29. The van der Waals surface area contributed by atoms with Gasteiger partial charge in [-0.15, -0.1) is 0 Å². The van der Waals surface area contributed by atoms with Gasteiger partial charge in [0.25, 0.3) is 5.82 Å². The largest absolute Gasteiger partial charge is 0.376 e. The third kappa shape index (κ3) is 2.41. The molecule has 4 nitrogen and oxygen atoms in total. The van der Waals surface area contributed by atoms with E-state index >= 15 is 0 Å². The molecule has 0 spiro atoms. The van der Waals surface area contributed by atoms with Crippen molar-refractivity contribution >= 4 is 17.2 Å². The van der Waals surface area contributed by atoms with Crippen molar-refractivity contribution in [1.29, 1.82) is 5.26 Å². The van der Waals surface area contributed by atoms with Crippen molar-refractivity contribution in [3.8, 4) is 6.07 Å². The summed E-state index contributed by atoms with van der Waals surface area (Å²) in [6, 6.07) is 13.9. The van der Waals surface area contributed by atoms with E-state index in [9.17, 15) is 5.26 Å². The topological polar surface area (TPSA) is 53.2 Å². The van der Waals surface area contributed by atoms with Crippen LogP contribution in [0.5, 0.6) is 0 Å². The predicted octanol–water partition coefficient (Wildman–Crippen LogP) is 2.18. The van der Waals surface area contributed by atoms with Crippen molar-refractivity contribution in [3.05, 3.63) is 48.2 Å². The van der Waals surface area contributed by atoms with Crippen molar-refractivity contribution < 1.29 is 4.98 Å². The Hall–Kier alpha value is -2.54. The highest BCUT2D eigenvalue weighted by molar-refractivity contribution is 5.69. The van der Waals surface area contributed by atoms with Crippen LogP contribution in [-0.4, -0.2) is 14.1 Å². The monoisotopic (exact) mass is 239 g/mol. The molecule has 2 rings (SSSR count). The fourth-order valence-corrected chi connectivity index (χ4v) is 1.74. The smallest absolute Gasteiger partial charge is 0.297 e. The molecule has 2 aromatic rings. The molecule has 1 heterocycles. The summed E-state index contributed by atoms with van der Waals surface area (Å²) in [5, 5.41) is 12.5. The number of benzene rings is 1. The zero-order chi connectivity index (χ0) is 13.0. The van der Waals surface area contributed by atoms with Crippen LogP contribution < -0.4 is 15.2 Å². The Balaban J connectivity index is 2.40. The molecule has 0 saturated heterocycles. The second-order valence-corrected chi connectivity index (χ2v) is 4.11. The molecule has 90 valence electrons. The van der Waals surface area contributed by atoms with E-state index in [0.717, 1.165) is 11.4 Å². The maximum absolute atomic E-state index is 9.29. The standard InChI is InChI=1S/C14H14N4/c1-18(2)13-8-9-16-14(12(13)10-15)17-11-6-4-3-5-7-11/h3-9H,1-2H3,(H,16,17)/p+1. The summed E-state index contributed by atoms with van der Waals surface area (Å²) in [6.07, 6.45) is 1.82. The number of H-pyrrole nitrogens is 1. The number of para-hydroxylation sites is 1. The highest BCUT2D eigenvalue weighted by atomic mass is 15.1. The number of pyridine rings is 1. The number of anilines is 3. The van der Waals surface area contributed by atoms with E-state index in [1.807, 2.05) is 61.6 Å². The second-order valence-electron chi connectivity index (χ2n) is 4.11. The molecule has 0 aliphatic rings. The summed E-state index contributed by atoms with van der Waals surface area (Å²) in [5.74, 6) is 0.704. The Morgan fingerprint density at radius 2 is 1.89 bits per heavy atom. The minimum Gasteiger partial charge on any atom is -0.376 e. The molecule has 1 aromatic heterocycles. The molecule has 0 fully saturated rings. The summed E-state index contributed by atoms with van der Waals surface area (Å²) in [6.45, 7) is 0. The Morgan fingerprint density at radius 1 is 1.17 bits per heavy atom. The Bertz CT molecular complexity index is 570. The van der Waals surface area contributed by atoms with Crippen LogP contribution in [0.15, 0.2) is 42.6 Å². The van der Waals surface area contributed by atoms with Crippen molar-refractivity contribution in [2.24, 2.45) is 0 Å². The van der Waals surface area contributed by atoms with Gasteiger partial charge in [0.05, 0.1) is 11.9 Å². The van der Waals surface area contributed by atoms with Gasteiger partial charge in [0.15, 0.2) is 5.56 Å². The average molecular weight is 239 g/mol. The number of hydrogen-bond donors (Lipinski definition) is 1. The Kier molecular flexibility index (Phi) is 3.44. The Labute approximate surface area is 107 Å². The minimum absolute atomic E-state index is 0.603. The molecule has 0 atom stereocenters. The molecule has 4 heteroatoms. The highest BCUT2D eigenvalue weighted by Gasteiger charge is 2.16. The quantitative estimate of drug-likeness (QED) is 0.893. The zero-order valence-corrected chi connectivity index (χ0v) is 10.4. The Morgan fingerprint density at radius 3 is 2.50 bits per heavy atom. The predicted molar refractivity (Wildman–Crippen MR) is 71.8 cm³/mol. The van der Waals surface area contributed by atoms with E-state index < -0.39 is 0 Å². The fraction of sp³-hybridized carbons (Fsp3) is 0.143. The highest BCUT2D eigenvalue weighted by Crippen LogP contribution is 2.23. The van der Waals surface area contributed by atoms with Gasteiger partial charge in [0.1, 0.15) is 11.8 Å². The first kappa shape index (κ1) is 11.9. The summed E-state index contributed by atoms with van der Waals surface area (Å²) < 4.78 is 0. The molecule has 0 aliphatic carbocycles. The fourth-order valence-electron chi connectivity index (χ4n) is 1.74. The van der Waals surface area contributed by atoms with Crippen LogP contribution >= 0.6 is 0 Å². The third-order valence-corrected chi connectivity index (χ3v) is 2.61. The van der Waals surface area contributed by atoms with Crippen LogP contribution in [0.25, 0.3) is 0 Å². The molecule has 0 bridgehead atoms. The van der Waals surface area contributed by atoms with Gasteiger partial charge in [0, 0.05) is 20.2 Å². The van der Waals surface area contributed by atoms with Crippen LogP contribution in [0.1, 0.15) is 5.56 Å². The normalized spacial score (nSPS) is 9.61. The number of hydrogen-bond acceptors (Lipinski definition) is 3. The molecule has 0 aliphatic heterocycles. The molecule has 0 radical (unpaired) electrons. The molecular formula is C14H15N4+. The number of nitrogens with zero attached hydrogens (tertiary/aromatic N) is 2. The number of rotatable bonds is 3. The van der Waals surface area contributed by atoms with E-state index in [-0.39, 0.29) is 0 Å². The number of aromatic nitrogens is 1. The summed E-state index contributed by atoms with van der Waals surface area (Å²) in [5.41, 5.74) is 2.43. The summed E-state index contributed by atoms with van der Waals surface area (Å²) in [7, 11) is 3.84. The van der Waals surface area contributed by atoms with Crippen molar-refractivity contribution in [2.45, 2.75) is 0 Å². The molecule has 18 heavy (non-hydrogen) atoms. The van der Waals surface area contributed by atoms with Crippen LogP contribution in [0.3, 0.4) is 0 Å². The lowest BCUT2D eigenvalue weighted by Gasteiger charge is -2.13. The van der Waals surface area contributed by atoms with Gasteiger partial charge >= 0.3 is 0 Å². The molecular weight excluding hydrogens is 224 g/mol. The summed E-state index contributed by atoms with van der Waals surface area (Å²) >= 11 is 0. The van der Waals surface area contributed by atoms with E-state index in [4.69, 9.17) is 0 Å². The zero-order valence-electron chi connectivity index (χ0n) is 10.4. The SMILES string of the molecule is CN(C)c1cc[nH+]c(Nc2ccccc2)c1C#N. The van der Waals surface area contributed by atoms with Crippen LogP contribution in [0.2, 0.25) is 0 Å². The number of aromatic amines is 1. The van der Waals surface area contributed by atoms with Crippen LogP contribution in [0.4, 0.5) is 17.2 Å². The van der Waals surface area contributed by atoms with Gasteiger partial charge in [-0.25, -0.2) is 10.3 Å². The first-order valence-corrected chi connectivity index (χ1v) is 5.66. The van der Waals surface area contributed by atoms with Crippen molar-refractivity contribution in [2.75, 3.05) is 24.3 Å². The van der Waals surface area contributed by atoms with Crippen LogP contribution in [0, 0.1) is 11.3 Å².